The zero-order valence-corrected chi connectivity index (χ0v) is 11.7. The van der Waals surface area contributed by atoms with Crippen molar-refractivity contribution in [2.45, 2.75) is 31.8 Å². The molecule has 100 valence electrons. The normalized spacial score (nSPS) is 20.0. The Kier molecular flexibility index (Phi) is 4.60. The molecule has 1 unspecified atom stereocenters. The van der Waals surface area contributed by atoms with Gasteiger partial charge in [-0.1, -0.05) is 17.7 Å². The molecule has 0 amide bonds. The largest absolute Gasteiger partial charge is 0.307 e. The van der Waals surface area contributed by atoms with Gasteiger partial charge < -0.3 is 10.2 Å². The molecule has 18 heavy (non-hydrogen) atoms. The molecule has 1 aliphatic rings. The fourth-order valence-electron chi connectivity index (χ4n) is 2.41. The number of hydrogen-bond donors (Lipinski definition) is 1. The fourth-order valence-corrected chi connectivity index (χ4v) is 2.52. The monoisotopic (exact) mass is 270 g/mol. The van der Waals surface area contributed by atoms with Crippen LogP contribution in [0.1, 0.15) is 31.4 Å². The Morgan fingerprint density at radius 3 is 2.67 bits per heavy atom. The van der Waals surface area contributed by atoms with Crippen LogP contribution < -0.4 is 5.32 Å². The molecule has 0 aromatic heterocycles. The smallest absolute Gasteiger partial charge is 0.142 e. The highest BCUT2D eigenvalue weighted by atomic mass is 35.5. The van der Waals surface area contributed by atoms with Crippen LogP contribution in [0.3, 0.4) is 0 Å². The Balaban J connectivity index is 1.94. The second kappa shape index (κ2) is 6.00. The number of piperidine rings is 1. The average molecular weight is 271 g/mol. The van der Waals surface area contributed by atoms with Gasteiger partial charge in [-0.15, -0.1) is 0 Å². The molecule has 1 atom stereocenters. The first-order valence-electron chi connectivity index (χ1n) is 6.46. The first-order valence-corrected chi connectivity index (χ1v) is 6.83. The number of benzene rings is 1. The molecule has 0 saturated carbocycles. The number of nitrogens with zero attached hydrogens (tertiary/aromatic N) is 1. The van der Waals surface area contributed by atoms with Crippen LogP contribution in [-0.4, -0.2) is 31.1 Å². The quantitative estimate of drug-likeness (QED) is 0.907. The first kappa shape index (κ1) is 13.8. The number of nitrogens with one attached hydrogen (secondary N) is 1. The molecule has 0 aliphatic carbocycles. The standard InChI is InChI=1S/C14H20ClFN2/c1-10(11-3-4-13(15)14(16)9-11)17-12-5-7-18(2)8-6-12/h3-4,9-10,12,17H,5-8H2,1-2H3. The summed E-state index contributed by atoms with van der Waals surface area (Å²) in [4.78, 5) is 2.34. The summed E-state index contributed by atoms with van der Waals surface area (Å²) in [7, 11) is 2.15. The fraction of sp³-hybridized carbons (Fsp3) is 0.571. The maximum atomic E-state index is 13.4. The van der Waals surface area contributed by atoms with Crippen LogP contribution in [-0.2, 0) is 0 Å². The van der Waals surface area contributed by atoms with E-state index in [0.717, 1.165) is 31.5 Å². The minimum Gasteiger partial charge on any atom is -0.307 e. The van der Waals surface area contributed by atoms with Crippen molar-refractivity contribution in [2.75, 3.05) is 20.1 Å². The summed E-state index contributed by atoms with van der Waals surface area (Å²) in [6, 6.07) is 5.71. The molecule has 0 spiro atoms. The highest BCUT2D eigenvalue weighted by Crippen LogP contribution is 2.21. The van der Waals surface area contributed by atoms with E-state index >= 15 is 0 Å². The Hall–Kier alpha value is -0.640. The highest BCUT2D eigenvalue weighted by molar-refractivity contribution is 6.30. The molecular weight excluding hydrogens is 251 g/mol. The van der Waals surface area contributed by atoms with Crippen molar-refractivity contribution in [1.82, 2.24) is 10.2 Å². The Labute approximate surface area is 113 Å². The van der Waals surface area contributed by atoms with Crippen molar-refractivity contribution in [1.29, 1.82) is 0 Å². The summed E-state index contributed by atoms with van der Waals surface area (Å²) in [6.45, 7) is 4.32. The lowest BCUT2D eigenvalue weighted by molar-refractivity contribution is 0.226. The lowest BCUT2D eigenvalue weighted by Gasteiger charge is -2.31. The summed E-state index contributed by atoms with van der Waals surface area (Å²) in [5.41, 5.74) is 0.954. The molecule has 1 saturated heterocycles. The third kappa shape index (κ3) is 3.44. The van der Waals surface area contributed by atoms with Gasteiger partial charge in [-0.05, 0) is 57.6 Å². The summed E-state index contributed by atoms with van der Waals surface area (Å²) < 4.78 is 13.4. The van der Waals surface area contributed by atoms with Crippen LogP contribution in [0.15, 0.2) is 18.2 Å². The van der Waals surface area contributed by atoms with E-state index in [-0.39, 0.29) is 16.9 Å². The van der Waals surface area contributed by atoms with E-state index in [1.54, 1.807) is 6.07 Å². The maximum Gasteiger partial charge on any atom is 0.142 e. The van der Waals surface area contributed by atoms with Gasteiger partial charge in [0.15, 0.2) is 0 Å². The van der Waals surface area contributed by atoms with Crippen molar-refractivity contribution >= 4 is 11.6 Å². The van der Waals surface area contributed by atoms with E-state index in [1.165, 1.54) is 6.07 Å². The molecule has 2 rings (SSSR count). The molecule has 4 heteroatoms. The van der Waals surface area contributed by atoms with Crippen molar-refractivity contribution in [3.8, 4) is 0 Å². The highest BCUT2D eigenvalue weighted by Gasteiger charge is 2.19. The summed E-state index contributed by atoms with van der Waals surface area (Å²) >= 11 is 5.69. The van der Waals surface area contributed by atoms with Crippen molar-refractivity contribution in [2.24, 2.45) is 0 Å². The summed E-state index contributed by atoms with van der Waals surface area (Å²) in [5.74, 6) is -0.341. The number of likely N-dealkylation sites (tertiary alicyclic amines) is 1. The van der Waals surface area contributed by atoms with Gasteiger partial charge in [0.1, 0.15) is 5.82 Å². The minimum atomic E-state index is -0.341. The van der Waals surface area contributed by atoms with E-state index < -0.39 is 0 Å². The van der Waals surface area contributed by atoms with Crippen LogP contribution in [0.4, 0.5) is 4.39 Å². The molecule has 0 radical (unpaired) electrons. The molecule has 2 nitrogen and oxygen atoms in total. The zero-order chi connectivity index (χ0) is 13.1. The number of rotatable bonds is 3. The van der Waals surface area contributed by atoms with Gasteiger partial charge in [0.05, 0.1) is 5.02 Å². The van der Waals surface area contributed by atoms with Crippen molar-refractivity contribution < 1.29 is 4.39 Å². The molecule has 0 bridgehead atoms. The maximum absolute atomic E-state index is 13.4. The van der Waals surface area contributed by atoms with Crippen LogP contribution in [0.5, 0.6) is 0 Å². The van der Waals surface area contributed by atoms with Gasteiger partial charge in [-0.2, -0.15) is 0 Å². The van der Waals surface area contributed by atoms with Gasteiger partial charge in [0.2, 0.25) is 0 Å². The third-order valence-electron chi connectivity index (χ3n) is 3.65. The molecule has 1 N–H and O–H groups in total. The van der Waals surface area contributed by atoms with Crippen LogP contribution in [0.2, 0.25) is 5.02 Å². The van der Waals surface area contributed by atoms with E-state index in [4.69, 9.17) is 11.6 Å². The van der Waals surface area contributed by atoms with Crippen molar-refractivity contribution in [3.63, 3.8) is 0 Å². The second-order valence-corrected chi connectivity index (χ2v) is 5.55. The van der Waals surface area contributed by atoms with Crippen LogP contribution in [0, 0.1) is 5.82 Å². The van der Waals surface area contributed by atoms with Crippen molar-refractivity contribution in [3.05, 3.63) is 34.6 Å². The summed E-state index contributed by atoms with van der Waals surface area (Å²) in [6.07, 6.45) is 2.30. The van der Waals surface area contributed by atoms with E-state index in [9.17, 15) is 4.39 Å². The lowest BCUT2D eigenvalue weighted by atomic mass is 10.0. The number of hydrogen-bond acceptors (Lipinski definition) is 2. The first-order chi connectivity index (χ1) is 8.56. The van der Waals surface area contributed by atoms with Crippen LogP contribution >= 0.6 is 11.6 Å². The Morgan fingerprint density at radius 2 is 2.06 bits per heavy atom. The van der Waals surface area contributed by atoms with Gasteiger partial charge in [-0.25, -0.2) is 4.39 Å². The van der Waals surface area contributed by atoms with Gasteiger partial charge in [-0.3, -0.25) is 0 Å². The minimum absolute atomic E-state index is 0.158. The molecule has 1 aromatic carbocycles. The Bertz CT molecular complexity index is 403. The SMILES string of the molecule is CC(NC1CCN(C)CC1)c1ccc(Cl)c(F)c1. The summed E-state index contributed by atoms with van der Waals surface area (Å²) in [5, 5.41) is 3.75. The zero-order valence-electron chi connectivity index (χ0n) is 10.9. The van der Waals surface area contributed by atoms with E-state index in [1.807, 2.05) is 6.07 Å². The van der Waals surface area contributed by atoms with Crippen LogP contribution in [0.25, 0.3) is 0 Å². The van der Waals surface area contributed by atoms with Gasteiger partial charge in [0, 0.05) is 12.1 Å². The predicted octanol–water partition coefficient (Wildman–Crippen LogP) is 3.22. The molecular formula is C14H20ClFN2. The molecule has 1 aliphatic heterocycles. The second-order valence-electron chi connectivity index (χ2n) is 5.14. The molecule has 1 aromatic rings. The lowest BCUT2D eigenvalue weighted by Crippen LogP contribution is -2.41. The predicted molar refractivity (Wildman–Crippen MR) is 73.5 cm³/mol. The van der Waals surface area contributed by atoms with Gasteiger partial charge in [0.25, 0.3) is 0 Å². The van der Waals surface area contributed by atoms with E-state index in [0.29, 0.717) is 6.04 Å². The topological polar surface area (TPSA) is 15.3 Å². The third-order valence-corrected chi connectivity index (χ3v) is 3.95. The number of halogens is 2. The molecule has 1 fully saturated rings. The Morgan fingerprint density at radius 1 is 1.39 bits per heavy atom. The molecule has 1 heterocycles. The van der Waals surface area contributed by atoms with E-state index in [2.05, 4.69) is 24.2 Å². The van der Waals surface area contributed by atoms with Gasteiger partial charge >= 0.3 is 0 Å². The average Bonchev–Trinajstić information content (AvgIpc) is 2.35.